The van der Waals surface area contributed by atoms with E-state index in [-0.39, 0.29) is 16.5 Å². The molecule has 2 amide bonds. The summed E-state index contributed by atoms with van der Waals surface area (Å²) in [7, 11) is 0. The average Bonchev–Trinajstić information content (AvgIpc) is 3.39. The zero-order valence-corrected chi connectivity index (χ0v) is 30.4. The van der Waals surface area contributed by atoms with Crippen molar-refractivity contribution in [1.82, 2.24) is 9.97 Å². The molecule has 0 saturated carbocycles. The quantitative estimate of drug-likeness (QED) is 0.0794. The molecule has 1 atom stereocenters. The number of benzene rings is 3. The highest BCUT2D eigenvalue weighted by Crippen LogP contribution is 2.39. The van der Waals surface area contributed by atoms with Crippen LogP contribution in [0, 0.1) is 5.82 Å². The maximum atomic E-state index is 14.5. The fourth-order valence-corrected chi connectivity index (χ4v) is 5.82. The van der Waals surface area contributed by atoms with Gasteiger partial charge in [0.1, 0.15) is 23.1 Å². The van der Waals surface area contributed by atoms with Gasteiger partial charge in [0, 0.05) is 22.2 Å². The maximum Gasteiger partial charge on any atom is 0.344 e. The van der Waals surface area contributed by atoms with Crippen molar-refractivity contribution in [3.8, 4) is 23.1 Å². The summed E-state index contributed by atoms with van der Waals surface area (Å²) >= 11 is 11.9. The number of esters is 1. The van der Waals surface area contributed by atoms with Gasteiger partial charge in [0.15, 0.2) is 12.7 Å². The molecule has 1 aromatic heterocycles. The van der Waals surface area contributed by atoms with Crippen LogP contribution in [0.15, 0.2) is 71.9 Å². The lowest BCUT2D eigenvalue weighted by molar-refractivity contribution is -0.146. The zero-order valence-electron chi connectivity index (χ0n) is 28.9. The number of carbonyl (C=O) groups is 4. The smallest absolute Gasteiger partial charge is 0.344 e. The number of imide groups is 1. The Bertz CT molecular complexity index is 2010. The molecule has 2 heterocycles. The Hall–Kier alpha value is -5.27. The van der Waals surface area contributed by atoms with E-state index in [1.54, 1.807) is 42.5 Å². The molecule has 1 unspecified atom stereocenters. The second-order valence-electron chi connectivity index (χ2n) is 12.1. The molecule has 0 saturated heterocycles. The molecule has 1 N–H and O–H groups in total. The third-order valence-electron chi connectivity index (χ3n) is 8.18. The molecule has 1 aliphatic heterocycles. The number of rotatable bonds is 13. The standard InChI is InChI=1S/C21H23ClFNO5.C17H13ClN2O4/c1-2-3-6-9-28-19(25)12-29-18-11-17(16(23)10-15(18)22)24-20(26)13-7-4-5-8-14(13)21(24)27;1-10(17(21)22)23-12-3-5-13(6-4-12)24-16-9-19-15-8-11(18)2-7-14(15)20-16/h10-11H,2-9,12H2,1H3;2-10H,1H3,(H,21,22). The normalized spacial score (nSPS) is 14.3. The Morgan fingerprint density at radius 2 is 1.62 bits per heavy atom. The molecule has 6 rings (SSSR count). The van der Waals surface area contributed by atoms with E-state index < -0.39 is 42.3 Å². The molecule has 0 bridgehead atoms. The molecule has 4 aromatic rings. The van der Waals surface area contributed by atoms with Crippen molar-refractivity contribution in [1.29, 1.82) is 0 Å². The van der Waals surface area contributed by atoms with Gasteiger partial charge in [0.2, 0.25) is 5.88 Å². The summed E-state index contributed by atoms with van der Waals surface area (Å²) < 4.78 is 35.9. The van der Waals surface area contributed by atoms with Crippen LogP contribution in [-0.4, -0.2) is 58.1 Å². The van der Waals surface area contributed by atoms with Gasteiger partial charge in [-0.05, 0) is 87.6 Å². The third-order valence-corrected chi connectivity index (χ3v) is 8.71. The van der Waals surface area contributed by atoms with Gasteiger partial charge in [0.25, 0.3) is 11.8 Å². The summed E-state index contributed by atoms with van der Waals surface area (Å²) in [5.41, 5.74) is 2.03. The lowest BCUT2D eigenvalue weighted by atomic mass is 9.93. The first-order valence-electron chi connectivity index (χ1n) is 16.9. The SMILES string of the molecule is CC(Oc1ccc(Oc2cnc3cc(Cl)ccc3n2)cc1)C(=O)O.CCCCCOC(=O)COc1cc(N2C(=O)C3=C(CCCC3)C2=O)c(F)cc1Cl. The average molecular weight is 769 g/mol. The van der Waals surface area contributed by atoms with Gasteiger partial charge < -0.3 is 24.1 Å². The Kier molecular flexibility index (Phi) is 13.2. The summed E-state index contributed by atoms with van der Waals surface area (Å²) in [6.45, 7) is 3.39. The topological polar surface area (TPSA) is 154 Å². The van der Waals surface area contributed by atoms with Gasteiger partial charge >= 0.3 is 11.9 Å². The van der Waals surface area contributed by atoms with Crippen molar-refractivity contribution < 1.29 is 47.6 Å². The number of halogens is 3. The summed E-state index contributed by atoms with van der Waals surface area (Å²) in [5, 5.41) is 9.35. The summed E-state index contributed by atoms with van der Waals surface area (Å²) in [5.74, 6) is -2.11. The molecule has 278 valence electrons. The van der Waals surface area contributed by atoms with E-state index in [4.69, 9.17) is 47.3 Å². The molecular weight excluding hydrogens is 732 g/mol. The van der Waals surface area contributed by atoms with Crippen LogP contribution in [0.25, 0.3) is 11.0 Å². The molecule has 53 heavy (non-hydrogen) atoms. The molecule has 12 nitrogen and oxygen atoms in total. The first-order valence-corrected chi connectivity index (χ1v) is 17.7. The maximum absolute atomic E-state index is 14.5. The van der Waals surface area contributed by atoms with Gasteiger partial charge in [-0.3, -0.25) is 9.59 Å². The van der Waals surface area contributed by atoms with Crippen LogP contribution in [0.1, 0.15) is 58.8 Å². The second-order valence-corrected chi connectivity index (χ2v) is 12.9. The van der Waals surface area contributed by atoms with Crippen molar-refractivity contribution in [2.24, 2.45) is 0 Å². The Labute approximate surface area is 314 Å². The largest absolute Gasteiger partial charge is 0.480 e. The first-order chi connectivity index (χ1) is 25.4. The number of fused-ring (bicyclic) bond motifs is 1. The number of aliphatic carboxylic acids is 1. The summed E-state index contributed by atoms with van der Waals surface area (Å²) in [6, 6.07) is 14.0. The van der Waals surface area contributed by atoms with Crippen LogP contribution < -0.4 is 19.1 Å². The lowest BCUT2D eigenvalue weighted by Gasteiger charge is -2.18. The monoisotopic (exact) mass is 767 g/mol. The van der Waals surface area contributed by atoms with Crippen LogP contribution in [0.2, 0.25) is 10.0 Å². The van der Waals surface area contributed by atoms with Crippen LogP contribution in [0.3, 0.4) is 0 Å². The predicted octanol–water partition coefficient (Wildman–Crippen LogP) is 8.26. The summed E-state index contributed by atoms with van der Waals surface area (Å²) in [6.07, 6.45) is 5.99. The number of nitrogens with zero attached hydrogens (tertiary/aromatic N) is 3. The molecule has 2 aliphatic rings. The number of carboxylic acid groups (broad SMARTS) is 1. The van der Waals surface area contributed by atoms with Crippen LogP contribution in [-0.2, 0) is 23.9 Å². The number of unbranched alkanes of at least 4 members (excludes halogenated alkanes) is 2. The van der Waals surface area contributed by atoms with E-state index in [2.05, 4.69) is 9.97 Å². The number of ether oxygens (including phenoxy) is 4. The van der Waals surface area contributed by atoms with Crippen molar-refractivity contribution in [2.45, 2.75) is 64.9 Å². The lowest BCUT2D eigenvalue weighted by Crippen LogP contribution is -2.32. The molecular formula is C38H36Cl2FN3O9. The van der Waals surface area contributed by atoms with Crippen LogP contribution in [0.5, 0.6) is 23.1 Å². The van der Waals surface area contributed by atoms with Gasteiger partial charge in [-0.2, -0.15) is 0 Å². The molecule has 0 fully saturated rings. The van der Waals surface area contributed by atoms with Crippen LogP contribution in [0.4, 0.5) is 10.1 Å². The first kappa shape index (κ1) is 38.9. The minimum absolute atomic E-state index is 0.000883. The fourth-order valence-electron chi connectivity index (χ4n) is 5.45. The van der Waals surface area contributed by atoms with Gasteiger partial charge in [-0.15, -0.1) is 0 Å². The fraction of sp³-hybridized carbons (Fsp3) is 0.316. The Balaban J connectivity index is 0.000000208. The number of aromatic nitrogens is 2. The number of hydrogen-bond acceptors (Lipinski definition) is 10. The Morgan fingerprint density at radius 1 is 0.943 bits per heavy atom. The third kappa shape index (κ3) is 9.99. The van der Waals surface area contributed by atoms with Gasteiger partial charge in [0.05, 0.1) is 34.5 Å². The van der Waals surface area contributed by atoms with Crippen molar-refractivity contribution in [3.63, 3.8) is 0 Å². The molecule has 1 aliphatic carbocycles. The highest BCUT2D eigenvalue weighted by Gasteiger charge is 2.41. The number of hydrogen-bond donors (Lipinski definition) is 1. The van der Waals surface area contributed by atoms with E-state index in [0.29, 0.717) is 64.0 Å². The minimum atomic E-state index is -1.03. The highest BCUT2D eigenvalue weighted by atomic mass is 35.5. The van der Waals surface area contributed by atoms with E-state index in [9.17, 15) is 23.6 Å². The van der Waals surface area contributed by atoms with E-state index in [1.165, 1.54) is 19.2 Å². The molecule has 3 aromatic carbocycles. The van der Waals surface area contributed by atoms with Crippen molar-refractivity contribution >= 4 is 63.7 Å². The number of anilines is 1. The number of amides is 2. The van der Waals surface area contributed by atoms with Crippen molar-refractivity contribution in [2.75, 3.05) is 18.1 Å². The van der Waals surface area contributed by atoms with E-state index in [1.807, 2.05) is 6.92 Å². The highest BCUT2D eigenvalue weighted by molar-refractivity contribution is 6.34. The van der Waals surface area contributed by atoms with E-state index in [0.717, 1.165) is 43.1 Å². The minimum Gasteiger partial charge on any atom is -0.480 e. The van der Waals surface area contributed by atoms with Crippen LogP contribution >= 0.6 is 23.2 Å². The molecule has 0 spiro atoms. The Morgan fingerprint density at radius 3 is 2.28 bits per heavy atom. The zero-order chi connectivity index (χ0) is 38.1. The molecule has 0 radical (unpaired) electrons. The molecule has 15 heteroatoms. The number of carbonyl (C=O) groups excluding carboxylic acids is 3. The summed E-state index contributed by atoms with van der Waals surface area (Å²) in [4.78, 5) is 57.3. The van der Waals surface area contributed by atoms with Gasteiger partial charge in [-0.1, -0.05) is 43.0 Å². The predicted molar refractivity (Wildman–Crippen MR) is 194 cm³/mol. The van der Waals surface area contributed by atoms with Gasteiger partial charge in [-0.25, -0.2) is 28.8 Å². The number of carboxylic acids is 1. The van der Waals surface area contributed by atoms with E-state index >= 15 is 0 Å². The second kappa shape index (κ2) is 18.0. The van der Waals surface area contributed by atoms with Crippen molar-refractivity contribution in [3.05, 3.63) is 87.8 Å².